The molecule has 184 valence electrons. The van der Waals surface area contributed by atoms with Crippen molar-refractivity contribution >= 4 is 27.5 Å². The van der Waals surface area contributed by atoms with Gasteiger partial charge in [0.05, 0.1) is 6.33 Å². The van der Waals surface area contributed by atoms with E-state index < -0.39 is 10.0 Å². The van der Waals surface area contributed by atoms with Crippen LogP contribution in [0.15, 0.2) is 66.1 Å². The molecule has 1 aromatic heterocycles. The van der Waals surface area contributed by atoms with Gasteiger partial charge in [-0.15, -0.1) is 0 Å². The number of nitrogens with one attached hydrogen (secondary N) is 1. The molecule has 0 unspecified atom stereocenters. The van der Waals surface area contributed by atoms with Crippen molar-refractivity contribution in [2.24, 2.45) is 0 Å². The number of carbonyl (C=O) groups excluding carboxylic acids is 2. The molecule has 2 heterocycles. The number of amides is 2. The number of imidazole rings is 1. The van der Waals surface area contributed by atoms with E-state index in [0.29, 0.717) is 17.8 Å². The molecule has 0 saturated carbocycles. The zero-order valence-corrected chi connectivity index (χ0v) is 20.1. The second kappa shape index (κ2) is 10.3. The first-order valence-corrected chi connectivity index (χ1v) is 12.6. The molecule has 3 aromatic rings. The molecule has 0 atom stereocenters. The van der Waals surface area contributed by atoms with Gasteiger partial charge in [0.15, 0.2) is 0 Å². The molecule has 4 rings (SSSR count). The lowest BCUT2D eigenvalue weighted by molar-refractivity contribution is -0.116. The number of phenols is 1. The Morgan fingerprint density at radius 1 is 1.09 bits per heavy atom. The van der Waals surface area contributed by atoms with Gasteiger partial charge in [0.1, 0.15) is 10.6 Å². The summed E-state index contributed by atoms with van der Waals surface area (Å²) in [5, 5.41) is 12.9. The van der Waals surface area contributed by atoms with Crippen molar-refractivity contribution in [3.63, 3.8) is 0 Å². The van der Waals surface area contributed by atoms with E-state index in [1.54, 1.807) is 65.4 Å². The van der Waals surface area contributed by atoms with E-state index in [4.69, 9.17) is 0 Å². The predicted molar refractivity (Wildman–Crippen MR) is 129 cm³/mol. The van der Waals surface area contributed by atoms with Crippen molar-refractivity contribution in [1.29, 1.82) is 0 Å². The third kappa shape index (κ3) is 5.69. The third-order valence-corrected chi connectivity index (χ3v) is 7.74. The normalized spacial score (nSPS) is 14.6. The fraction of sp³-hybridized carbons (Fsp3) is 0.292. The summed E-state index contributed by atoms with van der Waals surface area (Å²) < 4.78 is 29.1. The van der Waals surface area contributed by atoms with Crippen LogP contribution in [-0.2, 0) is 21.4 Å². The van der Waals surface area contributed by atoms with E-state index >= 15 is 0 Å². The van der Waals surface area contributed by atoms with Gasteiger partial charge in [0, 0.05) is 62.8 Å². The third-order valence-electron chi connectivity index (χ3n) is 5.81. The van der Waals surface area contributed by atoms with Crippen LogP contribution < -0.4 is 5.32 Å². The van der Waals surface area contributed by atoms with Gasteiger partial charge < -0.3 is 19.9 Å². The standard InChI is InChI=1S/C24H27N5O5S/c1-18-5-6-21(30)22(15-18)35(33,34)29-13-11-28(12-14-29)24(32)19-3-2-4-20(16-19)26-23(31)7-9-27-10-8-25-17-27/h2-6,8,10,15-17,30H,7,9,11-14H2,1H3,(H,26,31). The molecule has 2 N–H and O–H groups in total. The second-order valence-corrected chi connectivity index (χ2v) is 10.3. The first-order valence-electron chi connectivity index (χ1n) is 11.2. The Kier molecular flexibility index (Phi) is 7.17. The summed E-state index contributed by atoms with van der Waals surface area (Å²) in [5.74, 6) is -0.713. The van der Waals surface area contributed by atoms with Gasteiger partial charge in [-0.25, -0.2) is 13.4 Å². The molecule has 35 heavy (non-hydrogen) atoms. The number of benzene rings is 2. The maximum Gasteiger partial charge on any atom is 0.254 e. The molecule has 1 saturated heterocycles. The highest BCUT2D eigenvalue weighted by Crippen LogP contribution is 2.27. The zero-order chi connectivity index (χ0) is 25.0. The number of nitrogens with zero attached hydrogens (tertiary/aromatic N) is 4. The van der Waals surface area contributed by atoms with Crippen molar-refractivity contribution < 1.29 is 23.1 Å². The number of sulfonamides is 1. The van der Waals surface area contributed by atoms with E-state index in [1.165, 1.54) is 16.4 Å². The topological polar surface area (TPSA) is 125 Å². The number of anilines is 1. The van der Waals surface area contributed by atoms with Gasteiger partial charge >= 0.3 is 0 Å². The van der Waals surface area contributed by atoms with Crippen LogP contribution in [0.2, 0.25) is 0 Å². The molecule has 1 aliphatic rings. The highest BCUT2D eigenvalue weighted by Gasteiger charge is 2.32. The summed E-state index contributed by atoms with van der Waals surface area (Å²) in [6, 6.07) is 11.1. The number of rotatable bonds is 7. The summed E-state index contributed by atoms with van der Waals surface area (Å²) >= 11 is 0. The van der Waals surface area contributed by atoms with Crippen molar-refractivity contribution in [2.45, 2.75) is 24.8 Å². The van der Waals surface area contributed by atoms with Crippen molar-refractivity contribution in [2.75, 3.05) is 31.5 Å². The molecule has 10 nitrogen and oxygen atoms in total. The molecular formula is C24H27N5O5S. The molecule has 2 aromatic carbocycles. The average molecular weight is 498 g/mol. The lowest BCUT2D eigenvalue weighted by Gasteiger charge is -2.34. The van der Waals surface area contributed by atoms with E-state index in [1.807, 2.05) is 0 Å². The van der Waals surface area contributed by atoms with Crippen LogP contribution in [0.3, 0.4) is 0 Å². The Hall–Kier alpha value is -3.70. The largest absolute Gasteiger partial charge is 0.507 e. The van der Waals surface area contributed by atoms with Crippen molar-refractivity contribution in [3.05, 3.63) is 72.3 Å². The monoisotopic (exact) mass is 497 g/mol. The number of aromatic hydroxyl groups is 1. The Morgan fingerprint density at radius 3 is 2.57 bits per heavy atom. The smallest absolute Gasteiger partial charge is 0.254 e. The minimum absolute atomic E-state index is 0.117. The number of aromatic nitrogens is 2. The molecular weight excluding hydrogens is 470 g/mol. The van der Waals surface area contributed by atoms with Crippen LogP contribution in [-0.4, -0.2) is 70.3 Å². The molecule has 11 heteroatoms. The lowest BCUT2D eigenvalue weighted by Crippen LogP contribution is -2.50. The van der Waals surface area contributed by atoms with Gasteiger partial charge in [0.25, 0.3) is 5.91 Å². The first-order chi connectivity index (χ1) is 16.7. The predicted octanol–water partition coefficient (Wildman–Crippen LogP) is 2.07. The van der Waals surface area contributed by atoms with Gasteiger partial charge in [-0.3, -0.25) is 9.59 Å². The number of aryl methyl sites for hydroxylation is 2. The van der Waals surface area contributed by atoms with Gasteiger partial charge in [0.2, 0.25) is 15.9 Å². The van der Waals surface area contributed by atoms with Crippen LogP contribution in [0.4, 0.5) is 5.69 Å². The first kappa shape index (κ1) is 24.4. The number of hydrogen-bond donors (Lipinski definition) is 2. The van der Waals surface area contributed by atoms with E-state index in [0.717, 1.165) is 5.56 Å². The lowest BCUT2D eigenvalue weighted by atomic mass is 10.1. The molecule has 1 fully saturated rings. The highest BCUT2D eigenvalue weighted by atomic mass is 32.2. The van der Waals surface area contributed by atoms with E-state index in [2.05, 4.69) is 10.3 Å². The molecule has 0 spiro atoms. The number of phenolic OH excluding ortho intramolecular Hbond substituents is 1. The second-order valence-electron chi connectivity index (χ2n) is 8.35. The number of piperazine rings is 1. The van der Waals surface area contributed by atoms with Gasteiger partial charge in [-0.05, 0) is 42.8 Å². The summed E-state index contributed by atoms with van der Waals surface area (Å²) in [4.78, 5) is 30.7. The Balaban J connectivity index is 1.36. The zero-order valence-electron chi connectivity index (χ0n) is 19.3. The maximum absolute atomic E-state index is 13.0. The molecule has 0 radical (unpaired) electrons. The minimum Gasteiger partial charge on any atom is -0.507 e. The van der Waals surface area contributed by atoms with Gasteiger partial charge in [-0.1, -0.05) is 12.1 Å². The molecule has 2 amide bonds. The van der Waals surface area contributed by atoms with Crippen LogP contribution in [0, 0.1) is 6.92 Å². The Labute approximate surface area is 203 Å². The van der Waals surface area contributed by atoms with Crippen molar-refractivity contribution in [3.8, 4) is 5.75 Å². The average Bonchev–Trinajstić information content (AvgIpc) is 3.38. The number of hydrogen-bond acceptors (Lipinski definition) is 6. The van der Waals surface area contributed by atoms with Crippen LogP contribution in [0.5, 0.6) is 5.75 Å². The summed E-state index contributed by atoms with van der Waals surface area (Å²) in [7, 11) is -3.88. The fourth-order valence-electron chi connectivity index (χ4n) is 3.88. The molecule has 0 aliphatic carbocycles. The Morgan fingerprint density at radius 2 is 1.86 bits per heavy atom. The van der Waals surface area contributed by atoms with Crippen molar-refractivity contribution in [1.82, 2.24) is 18.8 Å². The molecule has 1 aliphatic heterocycles. The highest BCUT2D eigenvalue weighted by molar-refractivity contribution is 7.89. The fourth-order valence-corrected chi connectivity index (χ4v) is 5.47. The molecule has 0 bridgehead atoms. The van der Waals surface area contributed by atoms with Gasteiger partial charge in [-0.2, -0.15) is 4.31 Å². The minimum atomic E-state index is -3.88. The SMILES string of the molecule is Cc1ccc(O)c(S(=O)(=O)N2CCN(C(=O)c3cccc(NC(=O)CCn4ccnc4)c3)CC2)c1. The quantitative estimate of drug-likeness (QED) is 0.515. The number of carbonyl (C=O) groups is 2. The summed E-state index contributed by atoms with van der Waals surface area (Å²) in [6.45, 7) is 2.92. The summed E-state index contributed by atoms with van der Waals surface area (Å²) in [5.41, 5.74) is 1.65. The van der Waals surface area contributed by atoms with Crippen LogP contribution in [0.25, 0.3) is 0 Å². The van der Waals surface area contributed by atoms with Crippen LogP contribution in [0.1, 0.15) is 22.3 Å². The summed E-state index contributed by atoms with van der Waals surface area (Å²) in [6.07, 6.45) is 5.33. The van der Waals surface area contributed by atoms with E-state index in [9.17, 15) is 23.1 Å². The Bertz CT molecular complexity index is 1320. The van der Waals surface area contributed by atoms with Crippen LogP contribution >= 0.6 is 0 Å². The maximum atomic E-state index is 13.0. The van der Waals surface area contributed by atoms with E-state index in [-0.39, 0.29) is 55.1 Å².